The molecule has 1 aliphatic rings. The van der Waals surface area contributed by atoms with Crippen LogP contribution in [-0.2, 0) is 16.6 Å². The molecular weight excluding hydrogens is 454 g/mol. The molecule has 1 aromatic heterocycles. The first kappa shape index (κ1) is 22.1. The first-order valence-electron chi connectivity index (χ1n) is 10.1. The van der Waals surface area contributed by atoms with Gasteiger partial charge in [-0.05, 0) is 43.5 Å². The molecule has 1 fully saturated rings. The van der Waals surface area contributed by atoms with Crippen molar-refractivity contribution < 1.29 is 13.2 Å². The summed E-state index contributed by atoms with van der Waals surface area (Å²) in [4.78, 5) is 6.48. The highest BCUT2D eigenvalue weighted by Gasteiger charge is 2.27. The van der Waals surface area contributed by atoms with E-state index in [0.29, 0.717) is 16.9 Å². The van der Waals surface area contributed by atoms with E-state index >= 15 is 0 Å². The molecule has 1 saturated heterocycles. The smallest absolute Gasteiger partial charge is 0.263 e. The number of piperidine rings is 1. The summed E-state index contributed by atoms with van der Waals surface area (Å²) in [6.07, 6.45) is 3.35. The summed E-state index contributed by atoms with van der Waals surface area (Å²) in [7, 11) is -3.75. The van der Waals surface area contributed by atoms with Gasteiger partial charge in [0, 0.05) is 30.7 Å². The molecule has 2 heterocycles. The first-order valence-corrected chi connectivity index (χ1v) is 12.8. The molecule has 6 nitrogen and oxygen atoms in total. The predicted octanol–water partition coefficient (Wildman–Crippen LogP) is 5.03. The number of hydrogen-bond donors (Lipinski definition) is 1. The number of nitrogens with zero attached hydrogens (tertiary/aromatic N) is 2. The quantitative estimate of drug-likeness (QED) is 0.516. The molecule has 0 amide bonds. The minimum Gasteiger partial charge on any atom is -0.489 e. The molecule has 0 aliphatic carbocycles. The lowest BCUT2D eigenvalue weighted by molar-refractivity contribution is 0.0586. The van der Waals surface area contributed by atoms with Crippen molar-refractivity contribution in [3.05, 3.63) is 70.7 Å². The van der Waals surface area contributed by atoms with E-state index in [0.717, 1.165) is 25.9 Å². The number of anilines is 1. The average molecular weight is 478 g/mol. The number of hydrogen-bond acceptors (Lipinski definition) is 6. The minimum atomic E-state index is -3.75. The molecule has 2 atom stereocenters. The van der Waals surface area contributed by atoms with Gasteiger partial charge in [0.1, 0.15) is 11.9 Å². The Morgan fingerprint density at radius 2 is 2.06 bits per heavy atom. The molecule has 9 heteroatoms. The number of sulfonamides is 1. The average Bonchev–Trinajstić information content (AvgIpc) is 3.24. The fourth-order valence-electron chi connectivity index (χ4n) is 3.71. The number of nitrogens with one attached hydrogen (secondary N) is 1. The molecule has 3 aromatic rings. The van der Waals surface area contributed by atoms with Crippen LogP contribution < -0.4 is 9.46 Å². The van der Waals surface area contributed by atoms with E-state index < -0.39 is 10.0 Å². The predicted molar refractivity (Wildman–Crippen MR) is 124 cm³/mol. The maximum atomic E-state index is 12.5. The van der Waals surface area contributed by atoms with Crippen LogP contribution in [0.3, 0.4) is 0 Å². The number of benzene rings is 2. The molecule has 31 heavy (non-hydrogen) atoms. The second-order valence-electron chi connectivity index (χ2n) is 7.60. The summed E-state index contributed by atoms with van der Waals surface area (Å²) in [5.74, 6) is 0.503. The van der Waals surface area contributed by atoms with Crippen LogP contribution >= 0.6 is 22.9 Å². The van der Waals surface area contributed by atoms with Crippen LogP contribution in [0.15, 0.2) is 65.0 Å². The van der Waals surface area contributed by atoms with Gasteiger partial charge in [0.05, 0.1) is 9.92 Å². The van der Waals surface area contributed by atoms with Crippen molar-refractivity contribution in [2.45, 2.75) is 43.4 Å². The van der Waals surface area contributed by atoms with Crippen molar-refractivity contribution >= 4 is 38.1 Å². The molecular formula is C22H24ClN3O3S2. The standard InChI is InChI=1S/C22H24ClN3O3S2/c1-16-13-18(9-11-26(16)15-17-5-3-2-4-6-17)29-21-8-7-19(14-20(21)23)31(27,28)25-22-24-10-12-30-22/h2-8,10,12,14,16,18H,9,11,13,15H2,1H3,(H,24,25)/t16-,18+/m0/s1. The number of halogens is 1. The van der Waals surface area contributed by atoms with Gasteiger partial charge in [-0.2, -0.15) is 0 Å². The fraction of sp³-hybridized carbons (Fsp3) is 0.318. The zero-order chi connectivity index (χ0) is 21.8. The number of likely N-dealkylation sites (tertiary alicyclic amines) is 1. The lowest BCUT2D eigenvalue weighted by Crippen LogP contribution is -2.43. The maximum Gasteiger partial charge on any atom is 0.263 e. The van der Waals surface area contributed by atoms with Crippen LogP contribution in [0.2, 0.25) is 5.02 Å². The normalized spacial score (nSPS) is 19.8. The van der Waals surface area contributed by atoms with Crippen molar-refractivity contribution in [3.63, 3.8) is 0 Å². The molecule has 1 aliphatic heterocycles. The third kappa shape index (κ3) is 5.57. The lowest BCUT2D eigenvalue weighted by atomic mass is 9.99. The zero-order valence-corrected chi connectivity index (χ0v) is 19.5. The van der Waals surface area contributed by atoms with Crippen molar-refractivity contribution in [2.75, 3.05) is 11.3 Å². The Morgan fingerprint density at radius 1 is 1.26 bits per heavy atom. The molecule has 0 radical (unpaired) electrons. The van der Waals surface area contributed by atoms with E-state index in [1.807, 2.05) is 6.07 Å². The van der Waals surface area contributed by atoms with Crippen molar-refractivity contribution in [3.8, 4) is 5.75 Å². The molecule has 164 valence electrons. The SMILES string of the molecule is C[C@H]1C[C@H](Oc2ccc(S(=O)(=O)Nc3nccs3)cc2Cl)CCN1Cc1ccccc1. The second kappa shape index (κ2) is 9.56. The van der Waals surface area contributed by atoms with Crippen LogP contribution in [-0.4, -0.2) is 37.0 Å². The number of thiazole rings is 1. The molecule has 0 spiro atoms. The highest BCUT2D eigenvalue weighted by Crippen LogP contribution is 2.32. The van der Waals surface area contributed by atoms with E-state index in [1.165, 1.54) is 29.0 Å². The van der Waals surface area contributed by atoms with Gasteiger partial charge < -0.3 is 4.74 Å². The molecule has 0 bridgehead atoms. The van der Waals surface area contributed by atoms with Gasteiger partial charge in [0.15, 0.2) is 5.13 Å². The number of ether oxygens (including phenoxy) is 1. The highest BCUT2D eigenvalue weighted by molar-refractivity contribution is 7.93. The fourth-order valence-corrected chi connectivity index (χ4v) is 5.81. The summed E-state index contributed by atoms with van der Waals surface area (Å²) in [6, 6.07) is 15.4. The number of aromatic nitrogens is 1. The molecule has 0 unspecified atom stereocenters. The van der Waals surface area contributed by atoms with Gasteiger partial charge in [0.25, 0.3) is 10.0 Å². The Hall–Kier alpha value is -2.13. The lowest BCUT2D eigenvalue weighted by Gasteiger charge is -2.37. The van der Waals surface area contributed by atoms with Gasteiger partial charge in [0.2, 0.25) is 0 Å². The Bertz CT molecular complexity index is 1110. The second-order valence-corrected chi connectivity index (χ2v) is 10.6. The summed E-state index contributed by atoms with van der Waals surface area (Å²) in [6.45, 7) is 4.07. The van der Waals surface area contributed by atoms with Crippen LogP contribution in [0.5, 0.6) is 5.75 Å². The monoisotopic (exact) mass is 477 g/mol. The van der Waals surface area contributed by atoms with Crippen molar-refractivity contribution in [1.29, 1.82) is 0 Å². The van der Waals surface area contributed by atoms with Crippen LogP contribution in [0, 0.1) is 0 Å². The molecule has 2 aromatic carbocycles. The number of rotatable bonds is 7. The van der Waals surface area contributed by atoms with Gasteiger partial charge in [-0.15, -0.1) is 11.3 Å². The summed E-state index contributed by atoms with van der Waals surface area (Å²) in [5.41, 5.74) is 1.31. The largest absolute Gasteiger partial charge is 0.489 e. The van der Waals surface area contributed by atoms with Gasteiger partial charge in [-0.1, -0.05) is 41.9 Å². The van der Waals surface area contributed by atoms with Gasteiger partial charge in [-0.3, -0.25) is 9.62 Å². The first-order chi connectivity index (χ1) is 14.9. The molecule has 1 N–H and O–H groups in total. The van der Waals surface area contributed by atoms with Crippen LogP contribution in [0.1, 0.15) is 25.3 Å². The Kier molecular flexibility index (Phi) is 6.81. The minimum absolute atomic E-state index is 0.0374. The Balaban J connectivity index is 1.37. The van der Waals surface area contributed by atoms with Crippen molar-refractivity contribution in [2.24, 2.45) is 0 Å². The van der Waals surface area contributed by atoms with Gasteiger partial charge in [-0.25, -0.2) is 13.4 Å². The topological polar surface area (TPSA) is 71.5 Å². The zero-order valence-electron chi connectivity index (χ0n) is 17.1. The molecule has 0 saturated carbocycles. The van der Waals surface area contributed by atoms with E-state index in [4.69, 9.17) is 16.3 Å². The van der Waals surface area contributed by atoms with Crippen LogP contribution in [0.4, 0.5) is 5.13 Å². The van der Waals surface area contributed by atoms with Gasteiger partial charge >= 0.3 is 0 Å². The highest BCUT2D eigenvalue weighted by atomic mass is 35.5. The molecule has 4 rings (SSSR count). The third-order valence-corrected chi connectivity index (χ3v) is 7.81. The Morgan fingerprint density at radius 3 is 2.74 bits per heavy atom. The maximum absolute atomic E-state index is 12.5. The summed E-state index contributed by atoms with van der Waals surface area (Å²) in [5, 5.41) is 2.29. The van der Waals surface area contributed by atoms with E-state index in [-0.39, 0.29) is 16.0 Å². The van der Waals surface area contributed by atoms with E-state index in [2.05, 4.69) is 45.8 Å². The van der Waals surface area contributed by atoms with E-state index in [9.17, 15) is 8.42 Å². The van der Waals surface area contributed by atoms with Crippen LogP contribution in [0.25, 0.3) is 0 Å². The summed E-state index contributed by atoms with van der Waals surface area (Å²) >= 11 is 7.58. The Labute approximate surface area is 191 Å². The van der Waals surface area contributed by atoms with Crippen molar-refractivity contribution in [1.82, 2.24) is 9.88 Å². The van der Waals surface area contributed by atoms with E-state index in [1.54, 1.807) is 17.6 Å². The third-order valence-electron chi connectivity index (χ3n) is 5.36. The summed E-state index contributed by atoms with van der Waals surface area (Å²) < 4.78 is 33.7.